The number of amides is 2. The first-order chi connectivity index (χ1) is 11.0. The molecule has 8 heteroatoms. The molecule has 0 unspecified atom stereocenters. The van der Waals surface area contributed by atoms with Crippen molar-refractivity contribution in [3.8, 4) is 0 Å². The molecule has 0 aliphatic rings. The maximum atomic E-state index is 11.8. The Morgan fingerprint density at radius 2 is 2.00 bits per heavy atom. The third-order valence-corrected chi connectivity index (χ3v) is 3.18. The van der Waals surface area contributed by atoms with E-state index in [4.69, 9.17) is 0 Å². The van der Waals surface area contributed by atoms with E-state index in [9.17, 15) is 9.59 Å². The number of nitrogens with one attached hydrogen (secondary N) is 4. The van der Waals surface area contributed by atoms with Gasteiger partial charge in [0.15, 0.2) is 0 Å². The lowest BCUT2D eigenvalue weighted by molar-refractivity contribution is -0.120. The summed E-state index contributed by atoms with van der Waals surface area (Å²) in [6.07, 6.45) is 1.43. The normalized spacial score (nSPS) is 11.7. The van der Waals surface area contributed by atoms with Crippen molar-refractivity contribution in [1.29, 1.82) is 0 Å². The molecule has 0 fully saturated rings. The molecular weight excluding hydrogens is 296 g/mol. The van der Waals surface area contributed by atoms with Gasteiger partial charge in [0, 0.05) is 19.2 Å². The zero-order valence-electron chi connectivity index (χ0n) is 13.1. The summed E-state index contributed by atoms with van der Waals surface area (Å²) in [4.78, 5) is 26.8. The number of benzene rings is 1. The van der Waals surface area contributed by atoms with Gasteiger partial charge >= 0.3 is 0 Å². The Morgan fingerprint density at radius 3 is 2.61 bits per heavy atom. The minimum atomic E-state index is -0.113. The summed E-state index contributed by atoms with van der Waals surface area (Å²) in [7, 11) is 0. The average Bonchev–Trinajstić information content (AvgIpc) is 3.06. The van der Waals surface area contributed by atoms with Crippen molar-refractivity contribution in [3.05, 3.63) is 42.0 Å². The number of aromatic amines is 1. The van der Waals surface area contributed by atoms with Crippen LogP contribution in [0.15, 0.2) is 30.6 Å². The van der Waals surface area contributed by atoms with Crippen molar-refractivity contribution in [2.75, 3.05) is 11.9 Å². The van der Waals surface area contributed by atoms with Crippen LogP contribution < -0.4 is 16.0 Å². The first kappa shape index (κ1) is 16.6. The third-order valence-electron chi connectivity index (χ3n) is 3.18. The van der Waals surface area contributed by atoms with Gasteiger partial charge in [0.1, 0.15) is 12.2 Å². The molecule has 0 saturated heterocycles. The van der Waals surface area contributed by atoms with Gasteiger partial charge in [-0.3, -0.25) is 20.0 Å². The number of hydrogen-bond donors (Lipinski definition) is 4. The van der Waals surface area contributed by atoms with E-state index >= 15 is 0 Å². The SMILES string of the molecule is CC(=O)Nc1ccc(CNC(=O)CN[C@@H](C)c2ncn[nH]2)cc1. The van der Waals surface area contributed by atoms with Gasteiger partial charge in [-0.2, -0.15) is 5.10 Å². The van der Waals surface area contributed by atoms with Crippen molar-refractivity contribution in [1.82, 2.24) is 25.8 Å². The van der Waals surface area contributed by atoms with Gasteiger partial charge < -0.3 is 10.6 Å². The monoisotopic (exact) mass is 316 g/mol. The highest BCUT2D eigenvalue weighted by Gasteiger charge is 2.09. The summed E-state index contributed by atoms with van der Waals surface area (Å²) >= 11 is 0. The lowest BCUT2D eigenvalue weighted by Crippen LogP contribution is -2.35. The summed E-state index contributed by atoms with van der Waals surface area (Å²) in [5.74, 6) is 0.465. The van der Waals surface area contributed by atoms with Crippen LogP contribution in [0, 0.1) is 0 Å². The first-order valence-electron chi connectivity index (χ1n) is 7.26. The predicted octanol–water partition coefficient (Wildman–Crippen LogP) is 0.730. The number of hydrogen-bond acceptors (Lipinski definition) is 5. The molecule has 2 aromatic rings. The van der Waals surface area contributed by atoms with Gasteiger partial charge in [-0.15, -0.1) is 0 Å². The molecule has 0 aliphatic carbocycles. The van der Waals surface area contributed by atoms with Crippen molar-refractivity contribution < 1.29 is 9.59 Å². The smallest absolute Gasteiger partial charge is 0.234 e. The largest absolute Gasteiger partial charge is 0.351 e. The molecule has 4 N–H and O–H groups in total. The molecule has 2 rings (SSSR count). The second-order valence-electron chi connectivity index (χ2n) is 5.13. The van der Waals surface area contributed by atoms with Crippen LogP contribution in [-0.4, -0.2) is 33.5 Å². The lowest BCUT2D eigenvalue weighted by Gasteiger charge is -2.11. The minimum absolute atomic E-state index is 0.0832. The molecule has 0 bridgehead atoms. The van der Waals surface area contributed by atoms with Crippen LogP contribution in [0.3, 0.4) is 0 Å². The molecule has 0 spiro atoms. The van der Waals surface area contributed by atoms with Crippen LogP contribution >= 0.6 is 0 Å². The van der Waals surface area contributed by atoms with Crippen molar-refractivity contribution >= 4 is 17.5 Å². The van der Waals surface area contributed by atoms with Gasteiger partial charge in [0.25, 0.3) is 0 Å². The molecule has 122 valence electrons. The number of nitrogens with zero attached hydrogens (tertiary/aromatic N) is 2. The highest BCUT2D eigenvalue weighted by molar-refractivity contribution is 5.88. The van der Waals surface area contributed by atoms with E-state index in [0.29, 0.717) is 12.4 Å². The first-order valence-corrected chi connectivity index (χ1v) is 7.26. The summed E-state index contributed by atoms with van der Waals surface area (Å²) in [6, 6.07) is 7.23. The van der Waals surface area contributed by atoms with E-state index in [2.05, 4.69) is 31.1 Å². The van der Waals surface area contributed by atoms with Crippen molar-refractivity contribution in [3.63, 3.8) is 0 Å². The Labute approximate surface area is 134 Å². The minimum Gasteiger partial charge on any atom is -0.351 e. The van der Waals surface area contributed by atoms with E-state index in [1.165, 1.54) is 13.3 Å². The standard InChI is InChI=1S/C15H20N6O2/c1-10(15-18-9-19-21-15)16-8-14(23)17-7-12-3-5-13(6-4-12)20-11(2)22/h3-6,9-10,16H,7-8H2,1-2H3,(H,17,23)(H,20,22)(H,18,19,21)/t10-/m0/s1. The van der Waals surface area contributed by atoms with E-state index in [0.717, 1.165) is 11.3 Å². The summed E-state index contributed by atoms with van der Waals surface area (Å²) in [5.41, 5.74) is 1.69. The Balaban J connectivity index is 1.72. The quantitative estimate of drug-likeness (QED) is 0.602. The molecule has 1 atom stereocenters. The van der Waals surface area contributed by atoms with Crippen LogP contribution in [0.25, 0.3) is 0 Å². The lowest BCUT2D eigenvalue weighted by atomic mass is 10.2. The number of aromatic nitrogens is 3. The number of H-pyrrole nitrogens is 1. The molecule has 0 radical (unpaired) electrons. The Hall–Kier alpha value is -2.74. The summed E-state index contributed by atoms with van der Waals surface area (Å²) < 4.78 is 0. The second kappa shape index (κ2) is 8.04. The van der Waals surface area contributed by atoms with Crippen LogP contribution in [0.5, 0.6) is 0 Å². The molecule has 23 heavy (non-hydrogen) atoms. The number of anilines is 1. The fraction of sp³-hybridized carbons (Fsp3) is 0.333. The van der Waals surface area contributed by atoms with Crippen molar-refractivity contribution in [2.24, 2.45) is 0 Å². The zero-order chi connectivity index (χ0) is 16.7. The summed E-state index contributed by atoms with van der Waals surface area (Å²) in [5, 5.41) is 15.1. The van der Waals surface area contributed by atoms with Crippen LogP contribution in [0.2, 0.25) is 0 Å². The third kappa shape index (κ3) is 5.51. The molecule has 8 nitrogen and oxygen atoms in total. The highest BCUT2D eigenvalue weighted by Crippen LogP contribution is 2.09. The fourth-order valence-corrected chi connectivity index (χ4v) is 1.94. The fourth-order valence-electron chi connectivity index (χ4n) is 1.94. The topological polar surface area (TPSA) is 112 Å². The molecule has 0 aliphatic heterocycles. The van der Waals surface area contributed by atoms with E-state index in [1.54, 1.807) is 12.1 Å². The predicted molar refractivity (Wildman–Crippen MR) is 85.4 cm³/mol. The molecule has 0 saturated carbocycles. The molecular formula is C15H20N6O2. The summed E-state index contributed by atoms with van der Waals surface area (Å²) in [6.45, 7) is 3.97. The van der Waals surface area contributed by atoms with E-state index < -0.39 is 0 Å². The number of carbonyl (C=O) groups is 2. The molecule has 1 aromatic heterocycles. The number of rotatable bonds is 7. The van der Waals surface area contributed by atoms with Gasteiger partial charge in [-0.25, -0.2) is 4.98 Å². The molecule has 2 amide bonds. The van der Waals surface area contributed by atoms with Gasteiger partial charge in [-0.1, -0.05) is 12.1 Å². The Bertz CT molecular complexity index is 638. The van der Waals surface area contributed by atoms with E-state index in [-0.39, 0.29) is 24.4 Å². The molecule has 1 aromatic carbocycles. The highest BCUT2D eigenvalue weighted by atomic mass is 16.2. The average molecular weight is 316 g/mol. The Kier molecular flexibility index (Phi) is 5.81. The van der Waals surface area contributed by atoms with Crippen LogP contribution in [0.1, 0.15) is 31.3 Å². The number of carbonyl (C=O) groups excluding carboxylic acids is 2. The van der Waals surface area contributed by atoms with Crippen LogP contribution in [-0.2, 0) is 16.1 Å². The van der Waals surface area contributed by atoms with Gasteiger partial charge in [0.05, 0.1) is 12.6 Å². The van der Waals surface area contributed by atoms with Gasteiger partial charge in [0.2, 0.25) is 11.8 Å². The van der Waals surface area contributed by atoms with E-state index in [1.807, 2.05) is 19.1 Å². The Morgan fingerprint density at radius 1 is 1.26 bits per heavy atom. The second-order valence-corrected chi connectivity index (χ2v) is 5.13. The maximum absolute atomic E-state index is 11.8. The van der Waals surface area contributed by atoms with Crippen LogP contribution in [0.4, 0.5) is 5.69 Å². The zero-order valence-corrected chi connectivity index (χ0v) is 13.1. The maximum Gasteiger partial charge on any atom is 0.234 e. The molecule has 1 heterocycles. The van der Waals surface area contributed by atoms with Crippen molar-refractivity contribution in [2.45, 2.75) is 26.4 Å². The van der Waals surface area contributed by atoms with Gasteiger partial charge in [-0.05, 0) is 24.6 Å².